The van der Waals surface area contributed by atoms with Crippen LogP contribution in [-0.2, 0) is 0 Å². The van der Waals surface area contributed by atoms with Gasteiger partial charge in [-0.15, -0.1) is 0 Å². The number of nitrogens with zero attached hydrogens (tertiary/aromatic N) is 1. The first kappa shape index (κ1) is 13.5. The highest BCUT2D eigenvalue weighted by Crippen LogP contribution is 2.20. The van der Waals surface area contributed by atoms with Crippen molar-refractivity contribution in [3.05, 3.63) is 17.3 Å². The van der Waals surface area contributed by atoms with Crippen molar-refractivity contribution in [2.45, 2.75) is 26.3 Å². The molecule has 3 N–H and O–H groups in total. The van der Waals surface area contributed by atoms with Crippen LogP contribution in [0.3, 0.4) is 0 Å². The number of nitrogens with two attached hydrogens (primary N) is 1. The molecule has 0 bridgehead atoms. The molecule has 5 heteroatoms. The molecule has 0 saturated carbocycles. The second-order valence-corrected chi connectivity index (χ2v) is 5.45. The molecular weight excluding hydrogens is 242 g/mol. The van der Waals surface area contributed by atoms with Gasteiger partial charge in [-0.2, -0.15) is 11.8 Å². The summed E-state index contributed by atoms with van der Waals surface area (Å²) in [5.74, 6) is 3.03. The lowest BCUT2D eigenvalue weighted by atomic mass is 10.2. The van der Waals surface area contributed by atoms with Gasteiger partial charge in [-0.05, 0) is 30.9 Å². The van der Waals surface area contributed by atoms with Crippen LogP contribution in [0.2, 0.25) is 5.02 Å². The van der Waals surface area contributed by atoms with E-state index in [1.54, 1.807) is 12.3 Å². The lowest BCUT2D eigenvalue weighted by molar-refractivity contribution is 0.767. The standard InChI is InChI=1S/C11H18ClN3S/c1-3-16-5-4-8(2)15-11-10(13)6-9(12)7-14-11/h6-8H,3-5,13H2,1-2H3,(H,14,15). The zero-order chi connectivity index (χ0) is 12.0. The fourth-order valence-electron chi connectivity index (χ4n) is 1.29. The van der Waals surface area contributed by atoms with Gasteiger partial charge in [-0.1, -0.05) is 18.5 Å². The highest BCUT2D eigenvalue weighted by Gasteiger charge is 2.06. The highest BCUT2D eigenvalue weighted by atomic mass is 35.5. The molecule has 90 valence electrons. The number of anilines is 2. The molecule has 1 aromatic heterocycles. The molecule has 0 fully saturated rings. The Morgan fingerprint density at radius 2 is 2.38 bits per heavy atom. The van der Waals surface area contributed by atoms with Crippen LogP contribution < -0.4 is 11.1 Å². The number of hydrogen-bond donors (Lipinski definition) is 2. The molecule has 0 aliphatic heterocycles. The maximum atomic E-state index is 5.81. The number of pyridine rings is 1. The molecule has 1 rings (SSSR count). The quantitative estimate of drug-likeness (QED) is 0.770. The van der Waals surface area contributed by atoms with E-state index in [9.17, 15) is 0 Å². The minimum Gasteiger partial charge on any atom is -0.396 e. The number of aromatic nitrogens is 1. The molecule has 1 aromatic rings. The molecule has 0 aliphatic carbocycles. The Morgan fingerprint density at radius 1 is 1.62 bits per heavy atom. The van der Waals surface area contributed by atoms with E-state index in [-0.39, 0.29) is 0 Å². The number of nitrogen functional groups attached to an aromatic ring is 1. The smallest absolute Gasteiger partial charge is 0.149 e. The van der Waals surface area contributed by atoms with Gasteiger partial charge in [0.25, 0.3) is 0 Å². The van der Waals surface area contributed by atoms with Crippen molar-refractivity contribution in [2.24, 2.45) is 0 Å². The Balaban J connectivity index is 2.46. The van der Waals surface area contributed by atoms with Gasteiger partial charge in [0.05, 0.1) is 10.7 Å². The summed E-state index contributed by atoms with van der Waals surface area (Å²) >= 11 is 7.72. The molecule has 0 spiro atoms. The van der Waals surface area contributed by atoms with E-state index >= 15 is 0 Å². The van der Waals surface area contributed by atoms with Crippen LogP contribution in [0, 0.1) is 0 Å². The van der Waals surface area contributed by atoms with E-state index in [4.69, 9.17) is 17.3 Å². The van der Waals surface area contributed by atoms with E-state index < -0.39 is 0 Å². The SMILES string of the molecule is CCSCCC(C)Nc1ncc(Cl)cc1N. The van der Waals surface area contributed by atoms with Gasteiger partial charge < -0.3 is 11.1 Å². The lowest BCUT2D eigenvalue weighted by Crippen LogP contribution is -2.17. The summed E-state index contributed by atoms with van der Waals surface area (Å²) in [7, 11) is 0. The fraction of sp³-hybridized carbons (Fsp3) is 0.545. The summed E-state index contributed by atoms with van der Waals surface area (Å²) < 4.78 is 0. The van der Waals surface area contributed by atoms with Gasteiger partial charge in [0.1, 0.15) is 5.82 Å². The number of nitrogens with one attached hydrogen (secondary N) is 1. The Bertz CT molecular complexity index is 333. The number of thioether (sulfide) groups is 1. The number of halogens is 1. The van der Waals surface area contributed by atoms with Crippen LogP contribution >= 0.6 is 23.4 Å². The number of rotatable bonds is 6. The first-order valence-electron chi connectivity index (χ1n) is 5.38. The van der Waals surface area contributed by atoms with Crippen molar-refractivity contribution >= 4 is 34.9 Å². The summed E-state index contributed by atoms with van der Waals surface area (Å²) in [5, 5.41) is 3.86. The van der Waals surface area contributed by atoms with Gasteiger partial charge in [-0.3, -0.25) is 0 Å². The van der Waals surface area contributed by atoms with Crippen LogP contribution in [-0.4, -0.2) is 22.5 Å². The topological polar surface area (TPSA) is 50.9 Å². The van der Waals surface area contributed by atoms with Crippen molar-refractivity contribution in [1.29, 1.82) is 0 Å². The summed E-state index contributed by atoms with van der Waals surface area (Å²) in [6.07, 6.45) is 2.70. The molecule has 1 heterocycles. The maximum absolute atomic E-state index is 5.81. The van der Waals surface area contributed by atoms with Crippen LogP contribution in [0.25, 0.3) is 0 Å². The highest BCUT2D eigenvalue weighted by molar-refractivity contribution is 7.99. The minimum absolute atomic E-state index is 0.370. The van der Waals surface area contributed by atoms with Gasteiger partial charge in [-0.25, -0.2) is 4.98 Å². The first-order chi connectivity index (χ1) is 7.63. The molecule has 16 heavy (non-hydrogen) atoms. The molecule has 0 amide bonds. The third-order valence-electron chi connectivity index (χ3n) is 2.17. The molecule has 0 aliphatic rings. The normalized spacial score (nSPS) is 12.4. The zero-order valence-electron chi connectivity index (χ0n) is 9.66. The Morgan fingerprint density at radius 3 is 3.00 bits per heavy atom. The third kappa shape index (κ3) is 4.49. The van der Waals surface area contributed by atoms with E-state index in [0.717, 1.165) is 23.7 Å². The van der Waals surface area contributed by atoms with Crippen molar-refractivity contribution in [2.75, 3.05) is 22.6 Å². The lowest BCUT2D eigenvalue weighted by Gasteiger charge is -2.15. The average molecular weight is 260 g/mol. The van der Waals surface area contributed by atoms with Gasteiger partial charge in [0.2, 0.25) is 0 Å². The molecular formula is C11H18ClN3S. The van der Waals surface area contributed by atoms with Gasteiger partial charge in [0.15, 0.2) is 0 Å². The monoisotopic (exact) mass is 259 g/mol. The van der Waals surface area contributed by atoms with Crippen LogP contribution in [0.4, 0.5) is 11.5 Å². The van der Waals surface area contributed by atoms with Crippen LogP contribution in [0.15, 0.2) is 12.3 Å². The summed E-state index contributed by atoms with van der Waals surface area (Å²) in [6, 6.07) is 2.08. The van der Waals surface area contributed by atoms with E-state index in [0.29, 0.717) is 16.8 Å². The van der Waals surface area contributed by atoms with Gasteiger partial charge >= 0.3 is 0 Å². The van der Waals surface area contributed by atoms with Crippen molar-refractivity contribution in [3.8, 4) is 0 Å². The van der Waals surface area contributed by atoms with E-state index in [1.165, 1.54) is 0 Å². The Labute approximate surface area is 106 Å². The molecule has 1 atom stereocenters. The van der Waals surface area contributed by atoms with Crippen molar-refractivity contribution in [1.82, 2.24) is 4.98 Å². The summed E-state index contributed by atoms with van der Waals surface area (Å²) in [6.45, 7) is 4.30. The van der Waals surface area contributed by atoms with Crippen molar-refractivity contribution in [3.63, 3.8) is 0 Å². The number of hydrogen-bond acceptors (Lipinski definition) is 4. The predicted molar refractivity (Wildman–Crippen MR) is 74.4 cm³/mol. The van der Waals surface area contributed by atoms with E-state index in [2.05, 4.69) is 24.1 Å². The Kier molecular flexibility index (Phi) is 5.77. The first-order valence-corrected chi connectivity index (χ1v) is 6.92. The second kappa shape index (κ2) is 6.86. The molecule has 0 saturated heterocycles. The fourth-order valence-corrected chi connectivity index (χ4v) is 2.26. The largest absolute Gasteiger partial charge is 0.396 e. The molecule has 1 unspecified atom stereocenters. The third-order valence-corrected chi connectivity index (χ3v) is 3.31. The average Bonchev–Trinajstić information content (AvgIpc) is 2.23. The summed E-state index contributed by atoms with van der Waals surface area (Å²) in [5.41, 5.74) is 6.41. The zero-order valence-corrected chi connectivity index (χ0v) is 11.2. The van der Waals surface area contributed by atoms with E-state index in [1.807, 2.05) is 11.8 Å². The second-order valence-electron chi connectivity index (χ2n) is 3.62. The van der Waals surface area contributed by atoms with Gasteiger partial charge in [0, 0.05) is 12.2 Å². The predicted octanol–water partition coefficient (Wildman–Crippen LogP) is 3.26. The van der Waals surface area contributed by atoms with Crippen LogP contribution in [0.1, 0.15) is 20.3 Å². The van der Waals surface area contributed by atoms with Crippen molar-refractivity contribution < 1.29 is 0 Å². The molecule has 0 radical (unpaired) electrons. The molecule has 0 aromatic carbocycles. The Hall–Kier alpha value is -0.610. The maximum Gasteiger partial charge on any atom is 0.149 e. The minimum atomic E-state index is 0.370. The van der Waals surface area contributed by atoms with Crippen LogP contribution in [0.5, 0.6) is 0 Å². The summed E-state index contributed by atoms with van der Waals surface area (Å²) in [4.78, 5) is 4.17. The molecule has 3 nitrogen and oxygen atoms in total.